The predicted molar refractivity (Wildman–Crippen MR) is 80.3 cm³/mol. The minimum atomic E-state index is -0.831. The van der Waals surface area contributed by atoms with E-state index in [2.05, 4.69) is 10.3 Å². The van der Waals surface area contributed by atoms with Crippen molar-refractivity contribution in [3.63, 3.8) is 0 Å². The monoisotopic (exact) mass is 319 g/mol. The van der Waals surface area contributed by atoms with Crippen LogP contribution in [-0.2, 0) is 11.2 Å². The van der Waals surface area contributed by atoms with Crippen molar-refractivity contribution < 1.29 is 9.90 Å². The summed E-state index contributed by atoms with van der Waals surface area (Å²) in [6.45, 7) is 0. The molecule has 0 radical (unpaired) electrons. The normalized spacial score (nSPS) is 16.3. The molecule has 0 saturated carbocycles. The number of carboxylic acid groups (broad SMARTS) is 1. The number of nitrogens with one attached hydrogen (secondary N) is 1. The summed E-state index contributed by atoms with van der Waals surface area (Å²) in [6.07, 6.45) is 1.36. The summed E-state index contributed by atoms with van der Waals surface area (Å²) in [6, 6.07) is 6.97. The molecule has 1 aromatic carbocycles. The van der Waals surface area contributed by atoms with E-state index in [-0.39, 0.29) is 0 Å². The lowest BCUT2D eigenvalue weighted by Gasteiger charge is -2.06. The zero-order chi connectivity index (χ0) is 15.0. The first kappa shape index (κ1) is 13.9. The Morgan fingerprint density at radius 1 is 1.57 bits per heavy atom. The second-order valence-electron chi connectivity index (χ2n) is 4.69. The number of halogens is 1. The van der Waals surface area contributed by atoms with E-state index in [0.717, 1.165) is 11.3 Å². The second-order valence-corrected chi connectivity index (χ2v) is 6.18. The maximum absolute atomic E-state index is 11.1. The van der Waals surface area contributed by atoms with Crippen molar-refractivity contribution in [3.05, 3.63) is 39.4 Å². The molecule has 0 saturated heterocycles. The molecule has 0 fully saturated rings. The molecule has 1 aromatic heterocycles. The van der Waals surface area contributed by atoms with Crippen molar-refractivity contribution in [3.8, 4) is 6.07 Å². The maximum Gasteiger partial charge on any atom is 0.312 e. The molecule has 1 unspecified atom stereocenters. The van der Waals surface area contributed by atoms with Crippen molar-refractivity contribution >= 4 is 39.7 Å². The van der Waals surface area contributed by atoms with Crippen molar-refractivity contribution in [1.29, 1.82) is 5.26 Å². The number of hydrogen-bond donors (Lipinski definition) is 2. The third-order valence-electron chi connectivity index (χ3n) is 3.36. The number of anilines is 2. The smallest absolute Gasteiger partial charge is 0.312 e. The first-order valence-electron chi connectivity index (χ1n) is 6.27. The molecule has 0 spiro atoms. The van der Waals surface area contributed by atoms with E-state index in [1.807, 2.05) is 6.07 Å². The molecule has 0 amide bonds. The Balaban J connectivity index is 1.86. The summed E-state index contributed by atoms with van der Waals surface area (Å²) in [7, 11) is 0. The minimum Gasteiger partial charge on any atom is -0.481 e. The van der Waals surface area contributed by atoms with Gasteiger partial charge in [0.25, 0.3) is 0 Å². The quantitative estimate of drug-likeness (QED) is 0.903. The van der Waals surface area contributed by atoms with E-state index in [1.54, 1.807) is 18.2 Å². The van der Waals surface area contributed by atoms with Crippen molar-refractivity contribution in [1.82, 2.24) is 4.98 Å². The van der Waals surface area contributed by atoms with Crippen LogP contribution in [0.3, 0.4) is 0 Å². The summed E-state index contributed by atoms with van der Waals surface area (Å²) >= 11 is 7.55. The lowest BCUT2D eigenvalue weighted by Crippen LogP contribution is -2.08. The zero-order valence-electron chi connectivity index (χ0n) is 10.8. The second kappa shape index (κ2) is 5.35. The Bertz CT molecular complexity index is 766. The molecular formula is C14H10ClN3O2S. The zero-order valence-corrected chi connectivity index (χ0v) is 12.3. The van der Waals surface area contributed by atoms with Crippen LogP contribution < -0.4 is 5.32 Å². The van der Waals surface area contributed by atoms with E-state index < -0.39 is 11.9 Å². The molecule has 0 aliphatic heterocycles. The lowest BCUT2D eigenvalue weighted by molar-refractivity contribution is -0.138. The van der Waals surface area contributed by atoms with Crippen LogP contribution in [0.2, 0.25) is 5.02 Å². The summed E-state index contributed by atoms with van der Waals surface area (Å²) in [5, 5.41) is 22.1. The molecule has 2 aromatic rings. The highest BCUT2D eigenvalue weighted by Gasteiger charge is 2.32. The minimum absolute atomic E-state index is 0.430. The number of aliphatic carboxylic acids is 1. The Labute approximate surface area is 129 Å². The van der Waals surface area contributed by atoms with Crippen LogP contribution in [0.15, 0.2) is 18.2 Å². The van der Waals surface area contributed by atoms with E-state index in [4.69, 9.17) is 22.0 Å². The molecule has 3 rings (SSSR count). The third-order valence-corrected chi connectivity index (χ3v) is 4.71. The fourth-order valence-electron chi connectivity index (χ4n) is 2.32. The SMILES string of the molecule is N#Cc1ccc(Nc2nc3c(s2)CCC3C(=O)O)c(Cl)c1. The van der Waals surface area contributed by atoms with Crippen LogP contribution in [0.1, 0.15) is 28.5 Å². The molecule has 21 heavy (non-hydrogen) atoms. The average molecular weight is 320 g/mol. The van der Waals surface area contributed by atoms with Crippen LogP contribution in [0.25, 0.3) is 0 Å². The topological polar surface area (TPSA) is 86.0 Å². The van der Waals surface area contributed by atoms with Gasteiger partial charge in [-0.25, -0.2) is 4.98 Å². The van der Waals surface area contributed by atoms with Gasteiger partial charge in [-0.05, 0) is 31.0 Å². The Morgan fingerprint density at radius 3 is 3.05 bits per heavy atom. The maximum atomic E-state index is 11.1. The van der Waals surface area contributed by atoms with Crippen molar-refractivity contribution in [2.75, 3.05) is 5.32 Å². The Kier molecular flexibility index (Phi) is 3.53. The highest BCUT2D eigenvalue weighted by molar-refractivity contribution is 7.15. The summed E-state index contributed by atoms with van der Waals surface area (Å²) in [5.74, 6) is -1.34. The number of rotatable bonds is 3. The molecule has 1 aliphatic carbocycles. The van der Waals surface area contributed by atoms with Gasteiger partial charge in [0.2, 0.25) is 0 Å². The van der Waals surface area contributed by atoms with Crippen LogP contribution in [0.4, 0.5) is 10.8 Å². The van der Waals surface area contributed by atoms with Gasteiger partial charge in [-0.15, -0.1) is 11.3 Å². The first-order chi connectivity index (χ1) is 10.1. The van der Waals surface area contributed by atoms with Gasteiger partial charge >= 0.3 is 5.97 Å². The molecule has 1 aliphatic rings. The summed E-state index contributed by atoms with van der Waals surface area (Å²) < 4.78 is 0. The van der Waals surface area contributed by atoms with E-state index >= 15 is 0 Å². The van der Waals surface area contributed by atoms with E-state index in [9.17, 15) is 4.79 Å². The van der Waals surface area contributed by atoms with Crippen molar-refractivity contribution in [2.24, 2.45) is 0 Å². The van der Waals surface area contributed by atoms with Gasteiger partial charge in [0.1, 0.15) is 5.92 Å². The number of carbonyl (C=O) groups is 1. The van der Waals surface area contributed by atoms with E-state index in [1.165, 1.54) is 11.3 Å². The molecule has 106 valence electrons. The van der Waals surface area contributed by atoms with Crippen LogP contribution in [-0.4, -0.2) is 16.1 Å². The molecule has 1 atom stereocenters. The molecular weight excluding hydrogens is 310 g/mol. The molecule has 7 heteroatoms. The summed E-state index contributed by atoms with van der Waals surface area (Å²) in [4.78, 5) is 16.5. The fourth-order valence-corrected chi connectivity index (χ4v) is 3.60. The van der Waals surface area contributed by atoms with Crippen LogP contribution in [0.5, 0.6) is 0 Å². The molecule has 0 bridgehead atoms. The van der Waals surface area contributed by atoms with Gasteiger partial charge < -0.3 is 10.4 Å². The van der Waals surface area contributed by atoms with Crippen molar-refractivity contribution in [2.45, 2.75) is 18.8 Å². The van der Waals surface area contributed by atoms with Crippen LogP contribution >= 0.6 is 22.9 Å². The number of carboxylic acids is 1. The number of nitrogens with zero attached hydrogens (tertiary/aromatic N) is 2. The highest BCUT2D eigenvalue weighted by atomic mass is 35.5. The van der Waals surface area contributed by atoms with Gasteiger partial charge in [-0.1, -0.05) is 11.6 Å². The van der Waals surface area contributed by atoms with Gasteiger partial charge in [0.05, 0.1) is 28.0 Å². The molecule has 1 heterocycles. The highest BCUT2D eigenvalue weighted by Crippen LogP contribution is 2.39. The largest absolute Gasteiger partial charge is 0.481 e. The number of nitriles is 1. The Morgan fingerprint density at radius 2 is 2.38 bits per heavy atom. The lowest BCUT2D eigenvalue weighted by atomic mass is 10.1. The number of aryl methyl sites for hydroxylation is 1. The number of hydrogen-bond acceptors (Lipinski definition) is 5. The van der Waals surface area contributed by atoms with Gasteiger partial charge in [-0.3, -0.25) is 4.79 Å². The average Bonchev–Trinajstić information content (AvgIpc) is 3.00. The Hall–Kier alpha value is -2.10. The van der Waals surface area contributed by atoms with Gasteiger partial charge in [0.15, 0.2) is 5.13 Å². The van der Waals surface area contributed by atoms with Crippen LogP contribution in [0, 0.1) is 11.3 Å². The number of thiazole rings is 1. The fraction of sp³-hybridized carbons (Fsp3) is 0.214. The first-order valence-corrected chi connectivity index (χ1v) is 7.47. The molecule has 5 nitrogen and oxygen atoms in total. The summed E-state index contributed by atoms with van der Waals surface area (Å²) in [5.41, 5.74) is 1.79. The van der Waals surface area contributed by atoms with Gasteiger partial charge in [-0.2, -0.15) is 5.26 Å². The number of aromatic nitrogens is 1. The third kappa shape index (κ3) is 2.58. The van der Waals surface area contributed by atoms with Gasteiger partial charge in [0, 0.05) is 4.88 Å². The molecule has 2 N–H and O–H groups in total. The number of fused-ring (bicyclic) bond motifs is 1. The predicted octanol–water partition coefficient (Wildman–Crippen LogP) is 3.53. The number of benzene rings is 1. The van der Waals surface area contributed by atoms with E-state index in [0.29, 0.717) is 33.5 Å². The standard InChI is InChI=1S/C14H10ClN3O2S/c15-9-5-7(6-16)1-3-10(9)17-14-18-12-8(13(19)20)2-4-11(12)21-14/h1,3,5,8H,2,4H2,(H,17,18)(H,19,20).